The van der Waals surface area contributed by atoms with E-state index in [2.05, 4.69) is 0 Å². The zero-order valence-corrected chi connectivity index (χ0v) is 14.9. The number of halogens is 3. The Labute approximate surface area is 154 Å². The van der Waals surface area contributed by atoms with Crippen LogP contribution in [0.15, 0.2) is 59.5 Å². The summed E-state index contributed by atoms with van der Waals surface area (Å²) in [7, 11) is -2.86. The van der Waals surface area contributed by atoms with Crippen LogP contribution in [0.25, 0.3) is 22.3 Å². The zero-order chi connectivity index (χ0) is 19.8. The SMILES string of the molecule is COc1cc(-c2cc(F)c(F)cc2-c2ccccc2S(N)(=O)=O)ccc1F. The number of primary sulfonamides is 1. The van der Waals surface area contributed by atoms with Crippen LogP contribution in [-0.2, 0) is 10.0 Å². The van der Waals surface area contributed by atoms with Crippen LogP contribution in [0.4, 0.5) is 13.2 Å². The van der Waals surface area contributed by atoms with Gasteiger partial charge in [0, 0.05) is 5.56 Å². The van der Waals surface area contributed by atoms with Gasteiger partial charge in [-0.05, 0) is 47.0 Å². The number of ether oxygens (including phenoxy) is 1. The van der Waals surface area contributed by atoms with Gasteiger partial charge in [0.1, 0.15) is 0 Å². The molecule has 0 aliphatic rings. The molecule has 0 aromatic heterocycles. The molecule has 27 heavy (non-hydrogen) atoms. The first kappa shape index (κ1) is 18.9. The second kappa shape index (κ2) is 7.05. The van der Waals surface area contributed by atoms with E-state index in [0.29, 0.717) is 5.56 Å². The van der Waals surface area contributed by atoms with Crippen molar-refractivity contribution in [3.05, 3.63) is 72.0 Å². The Morgan fingerprint density at radius 2 is 1.44 bits per heavy atom. The number of methoxy groups -OCH3 is 1. The highest BCUT2D eigenvalue weighted by Gasteiger charge is 2.20. The van der Waals surface area contributed by atoms with Gasteiger partial charge in [-0.25, -0.2) is 26.7 Å². The van der Waals surface area contributed by atoms with Gasteiger partial charge in [0.2, 0.25) is 10.0 Å². The zero-order valence-electron chi connectivity index (χ0n) is 14.0. The summed E-state index contributed by atoms with van der Waals surface area (Å²) >= 11 is 0. The van der Waals surface area contributed by atoms with Gasteiger partial charge in [-0.2, -0.15) is 0 Å². The van der Waals surface area contributed by atoms with E-state index in [-0.39, 0.29) is 27.3 Å². The van der Waals surface area contributed by atoms with Crippen molar-refractivity contribution in [3.63, 3.8) is 0 Å². The molecule has 8 heteroatoms. The molecule has 3 aromatic rings. The number of sulfonamides is 1. The number of hydrogen-bond acceptors (Lipinski definition) is 3. The third-order valence-electron chi connectivity index (χ3n) is 4.01. The lowest BCUT2D eigenvalue weighted by molar-refractivity contribution is 0.387. The van der Waals surface area contributed by atoms with E-state index in [1.54, 1.807) is 6.07 Å². The van der Waals surface area contributed by atoms with E-state index in [9.17, 15) is 21.6 Å². The Morgan fingerprint density at radius 1 is 0.815 bits per heavy atom. The molecule has 0 amide bonds. The number of benzene rings is 3. The minimum Gasteiger partial charge on any atom is -0.494 e. The Bertz CT molecular complexity index is 1130. The largest absolute Gasteiger partial charge is 0.494 e. The molecule has 140 valence electrons. The van der Waals surface area contributed by atoms with Gasteiger partial charge >= 0.3 is 0 Å². The third kappa shape index (κ3) is 3.67. The van der Waals surface area contributed by atoms with Crippen molar-refractivity contribution in [2.24, 2.45) is 5.14 Å². The van der Waals surface area contributed by atoms with Crippen LogP contribution in [0.3, 0.4) is 0 Å². The molecule has 3 aromatic carbocycles. The maximum absolute atomic E-state index is 14.0. The maximum atomic E-state index is 14.0. The molecule has 2 N–H and O–H groups in total. The Balaban J connectivity index is 2.35. The average Bonchev–Trinajstić information content (AvgIpc) is 2.63. The quantitative estimate of drug-likeness (QED) is 0.726. The van der Waals surface area contributed by atoms with Crippen molar-refractivity contribution in [1.82, 2.24) is 0 Å². The van der Waals surface area contributed by atoms with Gasteiger partial charge in [-0.1, -0.05) is 24.3 Å². The first-order valence-electron chi connectivity index (χ1n) is 7.67. The Hall–Kier alpha value is -2.84. The van der Waals surface area contributed by atoms with E-state index in [1.807, 2.05) is 0 Å². The number of nitrogens with two attached hydrogens (primary N) is 1. The monoisotopic (exact) mass is 393 g/mol. The molecule has 0 heterocycles. The van der Waals surface area contributed by atoms with Crippen molar-refractivity contribution in [2.75, 3.05) is 7.11 Å². The van der Waals surface area contributed by atoms with E-state index >= 15 is 0 Å². The second-order valence-electron chi connectivity index (χ2n) is 5.70. The summed E-state index contributed by atoms with van der Waals surface area (Å²) in [5, 5.41) is 5.25. The highest BCUT2D eigenvalue weighted by atomic mass is 32.2. The molecule has 0 atom stereocenters. The summed E-state index contributed by atoms with van der Waals surface area (Å²) in [6.07, 6.45) is 0. The fraction of sp³-hybridized carbons (Fsp3) is 0.0526. The highest BCUT2D eigenvalue weighted by molar-refractivity contribution is 7.89. The molecule has 4 nitrogen and oxygen atoms in total. The smallest absolute Gasteiger partial charge is 0.238 e. The lowest BCUT2D eigenvalue weighted by Gasteiger charge is -2.15. The predicted molar refractivity (Wildman–Crippen MR) is 95.1 cm³/mol. The summed E-state index contributed by atoms with van der Waals surface area (Å²) in [6, 6.07) is 11.3. The van der Waals surface area contributed by atoms with Crippen molar-refractivity contribution >= 4 is 10.0 Å². The topological polar surface area (TPSA) is 69.4 Å². The van der Waals surface area contributed by atoms with Gasteiger partial charge in [0.15, 0.2) is 23.2 Å². The predicted octanol–water partition coefficient (Wildman–Crippen LogP) is 4.09. The van der Waals surface area contributed by atoms with E-state index < -0.39 is 27.5 Å². The van der Waals surface area contributed by atoms with Gasteiger partial charge in [0.25, 0.3) is 0 Å². The number of hydrogen-bond donors (Lipinski definition) is 1. The molecule has 0 fully saturated rings. The molecule has 0 saturated heterocycles. The molecular formula is C19H14F3NO3S. The molecule has 0 spiro atoms. The third-order valence-corrected chi connectivity index (χ3v) is 4.98. The summed E-state index contributed by atoms with van der Waals surface area (Å²) < 4.78 is 70.4. The Morgan fingerprint density at radius 3 is 2.07 bits per heavy atom. The first-order valence-corrected chi connectivity index (χ1v) is 9.22. The molecule has 3 rings (SSSR count). The fourth-order valence-corrected chi connectivity index (χ4v) is 3.53. The summed E-state index contributed by atoms with van der Waals surface area (Å²) in [4.78, 5) is -0.244. The van der Waals surface area contributed by atoms with Crippen LogP contribution in [0.5, 0.6) is 5.75 Å². The minimum atomic E-state index is -4.12. The van der Waals surface area contributed by atoms with Crippen molar-refractivity contribution < 1.29 is 26.3 Å². The van der Waals surface area contributed by atoms with Crippen LogP contribution in [0.2, 0.25) is 0 Å². The average molecular weight is 393 g/mol. The van der Waals surface area contributed by atoms with Crippen molar-refractivity contribution in [3.8, 4) is 28.0 Å². The molecule has 0 radical (unpaired) electrons. The van der Waals surface area contributed by atoms with E-state index in [4.69, 9.17) is 9.88 Å². The van der Waals surface area contributed by atoms with Crippen molar-refractivity contribution in [1.29, 1.82) is 0 Å². The molecule has 0 saturated carbocycles. The van der Waals surface area contributed by atoms with E-state index in [1.165, 1.54) is 37.4 Å². The van der Waals surface area contributed by atoms with Gasteiger partial charge in [-0.3, -0.25) is 0 Å². The maximum Gasteiger partial charge on any atom is 0.238 e. The lowest BCUT2D eigenvalue weighted by Crippen LogP contribution is -2.13. The highest BCUT2D eigenvalue weighted by Crippen LogP contribution is 2.38. The molecule has 0 unspecified atom stereocenters. The summed E-state index contributed by atoms with van der Waals surface area (Å²) in [5.41, 5.74) is 0.652. The van der Waals surface area contributed by atoms with Crippen LogP contribution in [0.1, 0.15) is 0 Å². The standard InChI is InChI=1S/C19H14F3NO3S/c1-26-18-8-11(6-7-15(18)20)13-9-16(21)17(22)10-14(13)12-4-2-3-5-19(12)27(23,24)25/h2-10H,1H3,(H2,23,24,25). The fourth-order valence-electron chi connectivity index (χ4n) is 2.77. The van der Waals surface area contributed by atoms with Gasteiger partial charge in [0.05, 0.1) is 12.0 Å². The van der Waals surface area contributed by atoms with Crippen LogP contribution in [0, 0.1) is 17.5 Å². The Kier molecular flexibility index (Phi) is 4.95. The van der Waals surface area contributed by atoms with Gasteiger partial charge < -0.3 is 4.74 Å². The molecular weight excluding hydrogens is 379 g/mol. The summed E-state index contributed by atoms with van der Waals surface area (Å²) in [5.74, 6) is -3.02. The van der Waals surface area contributed by atoms with Crippen LogP contribution < -0.4 is 9.88 Å². The summed E-state index contributed by atoms with van der Waals surface area (Å²) in [6.45, 7) is 0. The van der Waals surface area contributed by atoms with Crippen molar-refractivity contribution in [2.45, 2.75) is 4.90 Å². The minimum absolute atomic E-state index is 0.0900. The van der Waals surface area contributed by atoms with Crippen LogP contribution in [-0.4, -0.2) is 15.5 Å². The molecule has 0 aliphatic heterocycles. The lowest BCUT2D eigenvalue weighted by atomic mass is 9.94. The van der Waals surface area contributed by atoms with Crippen LogP contribution >= 0.6 is 0 Å². The van der Waals surface area contributed by atoms with E-state index in [0.717, 1.165) is 18.2 Å². The molecule has 0 aliphatic carbocycles. The molecule has 0 bridgehead atoms. The van der Waals surface area contributed by atoms with Gasteiger partial charge in [-0.15, -0.1) is 0 Å². The first-order chi connectivity index (χ1) is 12.7. The second-order valence-corrected chi connectivity index (χ2v) is 7.23. The normalized spacial score (nSPS) is 11.4. The number of rotatable bonds is 4.